The van der Waals surface area contributed by atoms with Gasteiger partial charge in [0.1, 0.15) is 5.82 Å². The molecule has 3 heteroatoms. The Hall–Kier alpha value is -1.19. The van der Waals surface area contributed by atoms with Gasteiger partial charge in [-0.25, -0.2) is 4.39 Å². The molecule has 0 saturated heterocycles. The Labute approximate surface area is 136 Å². The second-order valence-electron chi connectivity index (χ2n) is 5.19. The molecule has 0 fully saturated rings. The van der Waals surface area contributed by atoms with E-state index < -0.39 is 0 Å². The Morgan fingerprint density at radius 3 is 2.57 bits per heavy atom. The molecule has 1 aromatic heterocycles. The van der Waals surface area contributed by atoms with Gasteiger partial charge in [0.05, 0.1) is 4.83 Å². The molecule has 0 aliphatic heterocycles. The summed E-state index contributed by atoms with van der Waals surface area (Å²) in [5.41, 5.74) is 2.61. The van der Waals surface area contributed by atoms with Crippen LogP contribution in [0.2, 0.25) is 0 Å². The highest BCUT2D eigenvalue weighted by Gasteiger charge is 2.14. The molecule has 0 aliphatic carbocycles. The highest BCUT2D eigenvalue weighted by Crippen LogP contribution is 2.38. The predicted octanol–water partition coefficient (Wildman–Crippen LogP) is 6.48. The smallest absolute Gasteiger partial charge is 0.124 e. The van der Waals surface area contributed by atoms with Crippen LogP contribution in [0.25, 0.3) is 10.1 Å². The van der Waals surface area contributed by atoms with Crippen LogP contribution in [0.5, 0.6) is 0 Å². The van der Waals surface area contributed by atoms with Crippen molar-refractivity contribution in [1.82, 2.24) is 0 Å². The van der Waals surface area contributed by atoms with Crippen molar-refractivity contribution in [1.29, 1.82) is 0 Å². The largest absolute Gasteiger partial charge is 0.207 e. The van der Waals surface area contributed by atoms with Crippen LogP contribution in [-0.2, 0) is 6.42 Å². The maximum Gasteiger partial charge on any atom is 0.124 e. The molecule has 0 N–H and O–H groups in total. The summed E-state index contributed by atoms with van der Waals surface area (Å²) in [6.45, 7) is 2.19. The molecule has 0 bridgehead atoms. The number of fused-ring (bicyclic) bond motifs is 1. The number of benzene rings is 2. The molecule has 1 atom stereocenters. The van der Waals surface area contributed by atoms with Gasteiger partial charge in [0.15, 0.2) is 0 Å². The normalized spacial score (nSPS) is 12.7. The average Bonchev–Trinajstić information content (AvgIpc) is 2.90. The molecule has 3 aromatic rings. The van der Waals surface area contributed by atoms with E-state index in [0.29, 0.717) is 0 Å². The van der Waals surface area contributed by atoms with E-state index in [0.717, 1.165) is 16.5 Å². The minimum Gasteiger partial charge on any atom is -0.207 e. The first-order valence-corrected chi connectivity index (χ1v) is 8.82. The Bertz CT molecular complexity index is 746. The van der Waals surface area contributed by atoms with Gasteiger partial charge < -0.3 is 0 Å². The topological polar surface area (TPSA) is 0 Å². The summed E-state index contributed by atoms with van der Waals surface area (Å²) in [6.07, 6.45) is 2.29. The number of hydrogen-bond donors (Lipinski definition) is 0. The zero-order valence-corrected chi connectivity index (χ0v) is 14.2. The van der Waals surface area contributed by atoms with Gasteiger partial charge in [-0.05, 0) is 41.1 Å². The Morgan fingerprint density at radius 1 is 1.10 bits per heavy atom. The van der Waals surface area contributed by atoms with Crippen LogP contribution in [0, 0.1) is 5.82 Å². The van der Waals surface area contributed by atoms with Crippen molar-refractivity contribution < 1.29 is 4.39 Å². The number of halogens is 2. The van der Waals surface area contributed by atoms with E-state index in [-0.39, 0.29) is 10.6 Å². The van der Waals surface area contributed by atoms with Crippen molar-refractivity contribution in [3.05, 3.63) is 70.4 Å². The standard InChI is InChI=1S/C18H16BrFS/c1-2-3-12-4-6-13(7-5-12)18(19)17-10-14-8-9-15(20)11-16(14)21-17/h4-11,18H,2-3H2,1H3. The van der Waals surface area contributed by atoms with Gasteiger partial charge in [0.25, 0.3) is 0 Å². The lowest BCUT2D eigenvalue weighted by atomic mass is 10.1. The molecule has 2 aromatic carbocycles. The van der Waals surface area contributed by atoms with Crippen LogP contribution in [0.3, 0.4) is 0 Å². The molecular weight excluding hydrogens is 347 g/mol. The maximum atomic E-state index is 13.3. The second-order valence-corrected chi connectivity index (χ2v) is 7.22. The molecular formula is C18H16BrFS. The van der Waals surface area contributed by atoms with Crippen LogP contribution in [0.15, 0.2) is 48.5 Å². The van der Waals surface area contributed by atoms with Crippen molar-refractivity contribution in [2.75, 3.05) is 0 Å². The average molecular weight is 363 g/mol. The highest BCUT2D eigenvalue weighted by atomic mass is 79.9. The van der Waals surface area contributed by atoms with Crippen LogP contribution >= 0.6 is 27.3 Å². The number of hydrogen-bond acceptors (Lipinski definition) is 1. The van der Waals surface area contributed by atoms with Crippen molar-refractivity contribution in [3.8, 4) is 0 Å². The lowest BCUT2D eigenvalue weighted by Gasteiger charge is -2.09. The summed E-state index contributed by atoms with van der Waals surface area (Å²) in [4.78, 5) is 1.37. The molecule has 1 heterocycles. The number of alkyl halides is 1. The second kappa shape index (κ2) is 6.29. The Kier molecular flexibility index (Phi) is 4.41. The quantitative estimate of drug-likeness (QED) is 0.466. The third-order valence-corrected chi connectivity index (χ3v) is 6.05. The summed E-state index contributed by atoms with van der Waals surface area (Å²) in [5.74, 6) is -0.175. The lowest BCUT2D eigenvalue weighted by Crippen LogP contribution is -1.90. The van der Waals surface area contributed by atoms with Crippen LogP contribution in [-0.4, -0.2) is 0 Å². The van der Waals surface area contributed by atoms with Gasteiger partial charge in [0, 0.05) is 9.58 Å². The van der Waals surface area contributed by atoms with Crippen molar-refractivity contribution >= 4 is 37.4 Å². The van der Waals surface area contributed by atoms with Gasteiger partial charge in [-0.3, -0.25) is 0 Å². The van der Waals surface area contributed by atoms with E-state index in [1.54, 1.807) is 17.4 Å². The molecule has 0 spiro atoms. The van der Waals surface area contributed by atoms with Crippen LogP contribution in [0.4, 0.5) is 4.39 Å². The number of rotatable bonds is 4. The fraction of sp³-hybridized carbons (Fsp3) is 0.222. The molecule has 0 amide bonds. The molecule has 0 nitrogen and oxygen atoms in total. The van der Waals surface area contributed by atoms with Gasteiger partial charge in [-0.1, -0.05) is 59.6 Å². The fourth-order valence-electron chi connectivity index (χ4n) is 2.46. The number of aryl methyl sites for hydroxylation is 1. The molecule has 3 rings (SSSR count). The summed E-state index contributed by atoms with van der Waals surface area (Å²) in [5, 5.41) is 1.10. The fourth-order valence-corrected chi connectivity index (χ4v) is 4.27. The van der Waals surface area contributed by atoms with E-state index in [1.165, 1.54) is 28.5 Å². The SMILES string of the molecule is CCCc1ccc(C(Br)c2cc3ccc(F)cc3s2)cc1. The minimum absolute atomic E-state index is 0.161. The van der Waals surface area contributed by atoms with Gasteiger partial charge in [0.2, 0.25) is 0 Å². The first-order valence-electron chi connectivity index (χ1n) is 7.09. The third-order valence-electron chi connectivity index (χ3n) is 3.56. The summed E-state index contributed by atoms with van der Waals surface area (Å²) >= 11 is 5.41. The minimum atomic E-state index is -0.175. The van der Waals surface area contributed by atoms with Crippen LogP contribution in [0.1, 0.15) is 34.2 Å². The zero-order chi connectivity index (χ0) is 14.8. The molecule has 108 valence electrons. The molecule has 1 unspecified atom stereocenters. The Morgan fingerprint density at radius 2 is 1.86 bits per heavy atom. The molecule has 21 heavy (non-hydrogen) atoms. The maximum absolute atomic E-state index is 13.3. The lowest BCUT2D eigenvalue weighted by molar-refractivity contribution is 0.630. The van der Waals surface area contributed by atoms with Gasteiger partial charge in [-0.15, -0.1) is 11.3 Å². The zero-order valence-electron chi connectivity index (χ0n) is 11.8. The molecule has 0 radical (unpaired) electrons. The van der Waals surface area contributed by atoms with Crippen LogP contribution < -0.4 is 0 Å². The van der Waals surface area contributed by atoms with Gasteiger partial charge >= 0.3 is 0 Å². The first-order chi connectivity index (χ1) is 10.2. The first kappa shape index (κ1) is 14.7. The van der Waals surface area contributed by atoms with E-state index in [4.69, 9.17) is 0 Å². The van der Waals surface area contributed by atoms with Crippen molar-refractivity contribution in [3.63, 3.8) is 0 Å². The Balaban J connectivity index is 1.90. The predicted molar refractivity (Wildman–Crippen MR) is 93.0 cm³/mol. The summed E-state index contributed by atoms with van der Waals surface area (Å²) in [7, 11) is 0. The molecule has 0 saturated carbocycles. The third kappa shape index (κ3) is 3.19. The molecule has 0 aliphatic rings. The van der Waals surface area contributed by atoms with E-state index in [9.17, 15) is 4.39 Å². The summed E-state index contributed by atoms with van der Waals surface area (Å²) in [6, 6.07) is 15.8. The van der Waals surface area contributed by atoms with E-state index in [2.05, 4.69) is 53.2 Å². The number of thiophene rings is 1. The summed E-state index contributed by atoms with van der Waals surface area (Å²) < 4.78 is 14.3. The van der Waals surface area contributed by atoms with E-state index in [1.807, 2.05) is 6.07 Å². The monoisotopic (exact) mass is 362 g/mol. The van der Waals surface area contributed by atoms with Crippen molar-refractivity contribution in [2.45, 2.75) is 24.6 Å². The highest BCUT2D eigenvalue weighted by molar-refractivity contribution is 9.09. The van der Waals surface area contributed by atoms with Crippen molar-refractivity contribution in [2.24, 2.45) is 0 Å². The van der Waals surface area contributed by atoms with E-state index >= 15 is 0 Å². The van der Waals surface area contributed by atoms with Gasteiger partial charge in [-0.2, -0.15) is 0 Å².